The predicted octanol–water partition coefficient (Wildman–Crippen LogP) is 2.40. The van der Waals surface area contributed by atoms with Crippen LogP contribution in [0.3, 0.4) is 0 Å². The fourth-order valence-corrected chi connectivity index (χ4v) is 3.38. The van der Waals surface area contributed by atoms with Crippen LogP contribution in [-0.4, -0.2) is 29.7 Å². The Morgan fingerprint density at radius 2 is 1.89 bits per heavy atom. The van der Waals surface area contributed by atoms with E-state index in [9.17, 15) is 0 Å². The molecule has 0 saturated heterocycles. The van der Waals surface area contributed by atoms with Crippen molar-refractivity contribution in [2.24, 2.45) is 18.9 Å². The number of aromatic nitrogens is 2. The normalized spacial score (nSPS) is 27.5. The molecule has 0 amide bonds. The third kappa shape index (κ3) is 3.50. The number of nitrogens with zero attached hydrogens (tertiary/aromatic N) is 3. The lowest BCUT2D eigenvalue weighted by Gasteiger charge is -2.32. The number of imidazole rings is 1. The van der Waals surface area contributed by atoms with Gasteiger partial charge in [0.15, 0.2) is 0 Å². The maximum absolute atomic E-state index is 4.46. The average molecular weight is 264 g/mol. The summed E-state index contributed by atoms with van der Waals surface area (Å²) in [4.78, 5) is 6.51. The van der Waals surface area contributed by atoms with E-state index in [1.165, 1.54) is 25.0 Å². The van der Waals surface area contributed by atoms with Gasteiger partial charge in [0.05, 0.1) is 11.9 Å². The van der Waals surface area contributed by atoms with E-state index in [0.29, 0.717) is 6.04 Å². The van der Waals surface area contributed by atoms with E-state index < -0.39 is 0 Å². The Morgan fingerprint density at radius 1 is 1.26 bits per heavy atom. The second kappa shape index (κ2) is 5.95. The van der Waals surface area contributed by atoms with E-state index in [0.717, 1.165) is 24.3 Å². The van der Waals surface area contributed by atoms with Crippen LogP contribution in [-0.2, 0) is 13.6 Å². The van der Waals surface area contributed by atoms with Gasteiger partial charge >= 0.3 is 0 Å². The molecule has 0 aliphatic heterocycles. The van der Waals surface area contributed by atoms with Gasteiger partial charge in [0.25, 0.3) is 0 Å². The molecule has 2 atom stereocenters. The van der Waals surface area contributed by atoms with Gasteiger partial charge in [0, 0.05) is 33.7 Å². The first-order valence-electron chi connectivity index (χ1n) is 7.38. The van der Waals surface area contributed by atoms with Crippen molar-refractivity contribution in [3.05, 3.63) is 11.9 Å². The Bertz CT molecular complexity index is 400. The maximum atomic E-state index is 4.46. The fraction of sp³-hybridized carbons (Fsp3) is 0.800. The number of rotatable bonds is 4. The van der Waals surface area contributed by atoms with E-state index in [1.807, 2.05) is 25.2 Å². The summed E-state index contributed by atoms with van der Waals surface area (Å²) >= 11 is 0. The lowest BCUT2D eigenvalue weighted by atomic mass is 9.80. The van der Waals surface area contributed by atoms with Gasteiger partial charge in [-0.2, -0.15) is 0 Å². The van der Waals surface area contributed by atoms with Crippen LogP contribution in [0.4, 0.5) is 5.95 Å². The zero-order valence-electron chi connectivity index (χ0n) is 13.0. The summed E-state index contributed by atoms with van der Waals surface area (Å²) in [6.45, 7) is 5.67. The molecule has 19 heavy (non-hydrogen) atoms. The smallest absolute Gasteiger partial charge is 0.204 e. The maximum Gasteiger partial charge on any atom is 0.204 e. The van der Waals surface area contributed by atoms with Crippen LogP contribution < -0.4 is 10.2 Å². The van der Waals surface area contributed by atoms with E-state index in [4.69, 9.17) is 0 Å². The Labute approximate surface area is 117 Å². The van der Waals surface area contributed by atoms with Crippen LogP contribution in [0.15, 0.2) is 6.20 Å². The first-order valence-corrected chi connectivity index (χ1v) is 7.38. The van der Waals surface area contributed by atoms with Gasteiger partial charge in [-0.3, -0.25) is 0 Å². The third-order valence-corrected chi connectivity index (χ3v) is 4.21. The van der Waals surface area contributed by atoms with Gasteiger partial charge in [-0.15, -0.1) is 0 Å². The van der Waals surface area contributed by atoms with Gasteiger partial charge in [-0.1, -0.05) is 13.8 Å². The minimum atomic E-state index is 0.663. The molecule has 1 fully saturated rings. The molecule has 1 heterocycles. The number of hydrogen-bond acceptors (Lipinski definition) is 3. The van der Waals surface area contributed by atoms with Gasteiger partial charge in [0.2, 0.25) is 5.95 Å². The number of nitrogens with one attached hydrogen (secondary N) is 1. The summed E-state index contributed by atoms with van der Waals surface area (Å²) in [5.41, 5.74) is 1.26. The molecule has 1 aliphatic carbocycles. The average Bonchev–Trinajstić information content (AvgIpc) is 2.67. The summed E-state index contributed by atoms with van der Waals surface area (Å²) < 4.78 is 2.17. The molecule has 0 radical (unpaired) electrons. The molecule has 108 valence electrons. The Morgan fingerprint density at radius 3 is 2.42 bits per heavy atom. The van der Waals surface area contributed by atoms with Crippen molar-refractivity contribution in [3.63, 3.8) is 0 Å². The van der Waals surface area contributed by atoms with Crippen LogP contribution in [0, 0.1) is 11.8 Å². The van der Waals surface area contributed by atoms with Gasteiger partial charge < -0.3 is 14.8 Å². The summed E-state index contributed by atoms with van der Waals surface area (Å²) in [6, 6.07) is 0.663. The minimum Gasteiger partial charge on any atom is -0.348 e. The summed E-state index contributed by atoms with van der Waals surface area (Å²) in [5.74, 6) is 2.72. The van der Waals surface area contributed by atoms with Crippen LogP contribution in [0.5, 0.6) is 0 Å². The highest BCUT2D eigenvalue weighted by Crippen LogP contribution is 2.28. The highest BCUT2D eigenvalue weighted by Gasteiger charge is 2.23. The standard InChI is InChI=1S/C15H28N4/c1-11-6-12(2)8-13(7-11)16-9-14-10-17-15(18(3)4)19(14)5/h10-13,16H,6-9H2,1-5H3. The molecular weight excluding hydrogens is 236 g/mol. The highest BCUT2D eigenvalue weighted by atomic mass is 15.3. The fourth-order valence-electron chi connectivity index (χ4n) is 3.38. The largest absolute Gasteiger partial charge is 0.348 e. The van der Waals surface area contributed by atoms with E-state index in [-0.39, 0.29) is 0 Å². The third-order valence-electron chi connectivity index (χ3n) is 4.21. The van der Waals surface area contributed by atoms with Crippen molar-refractivity contribution in [1.82, 2.24) is 14.9 Å². The topological polar surface area (TPSA) is 33.1 Å². The Hall–Kier alpha value is -1.03. The van der Waals surface area contributed by atoms with E-state index >= 15 is 0 Å². The number of anilines is 1. The first kappa shape index (κ1) is 14.4. The summed E-state index contributed by atoms with van der Waals surface area (Å²) in [7, 11) is 6.15. The molecule has 1 saturated carbocycles. The van der Waals surface area contributed by atoms with Gasteiger partial charge in [0.1, 0.15) is 0 Å². The molecule has 0 aromatic carbocycles. The Kier molecular flexibility index (Phi) is 4.50. The van der Waals surface area contributed by atoms with Crippen LogP contribution in [0.25, 0.3) is 0 Å². The van der Waals surface area contributed by atoms with Crippen LogP contribution in [0.2, 0.25) is 0 Å². The molecule has 1 aromatic rings. The molecule has 2 unspecified atom stereocenters. The van der Waals surface area contributed by atoms with Crippen molar-refractivity contribution in [1.29, 1.82) is 0 Å². The quantitative estimate of drug-likeness (QED) is 0.906. The molecule has 1 N–H and O–H groups in total. The molecule has 0 spiro atoms. The summed E-state index contributed by atoms with van der Waals surface area (Å²) in [6.07, 6.45) is 5.98. The van der Waals surface area contributed by atoms with Crippen molar-refractivity contribution in [2.45, 2.75) is 45.7 Å². The number of hydrogen-bond donors (Lipinski definition) is 1. The zero-order valence-corrected chi connectivity index (χ0v) is 13.0. The monoisotopic (exact) mass is 264 g/mol. The van der Waals surface area contributed by atoms with Gasteiger partial charge in [-0.25, -0.2) is 4.98 Å². The van der Waals surface area contributed by atoms with Gasteiger partial charge in [-0.05, 0) is 31.1 Å². The van der Waals surface area contributed by atoms with Crippen molar-refractivity contribution in [2.75, 3.05) is 19.0 Å². The van der Waals surface area contributed by atoms with Crippen molar-refractivity contribution in [3.8, 4) is 0 Å². The molecule has 1 aliphatic rings. The van der Waals surface area contributed by atoms with Crippen LogP contribution in [0.1, 0.15) is 38.8 Å². The molecule has 4 heteroatoms. The molecule has 1 aromatic heterocycles. The highest BCUT2D eigenvalue weighted by molar-refractivity contribution is 5.30. The molecule has 2 rings (SSSR count). The van der Waals surface area contributed by atoms with Crippen LogP contribution >= 0.6 is 0 Å². The summed E-state index contributed by atoms with van der Waals surface area (Å²) in [5, 5.41) is 3.71. The SMILES string of the molecule is CC1CC(C)CC(NCc2cnc(N(C)C)n2C)C1. The molecular formula is C15H28N4. The lowest BCUT2D eigenvalue weighted by Crippen LogP contribution is -2.36. The second-order valence-corrected chi connectivity index (χ2v) is 6.50. The second-order valence-electron chi connectivity index (χ2n) is 6.50. The lowest BCUT2D eigenvalue weighted by molar-refractivity contribution is 0.237. The Balaban J connectivity index is 1.92. The van der Waals surface area contributed by atoms with Crippen molar-refractivity contribution >= 4 is 5.95 Å². The first-order chi connectivity index (χ1) is 8.97. The van der Waals surface area contributed by atoms with E-state index in [2.05, 4.69) is 35.8 Å². The molecule has 4 nitrogen and oxygen atoms in total. The minimum absolute atomic E-state index is 0.663. The van der Waals surface area contributed by atoms with Crippen molar-refractivity contribution < 1.29 is 0 Å². The van der Waals surface area contributed by atoms with E-state index in [1.54, 1.807) is 0 Å². The predicted molar refractivity (Wildman–Crippen MR) is 80.3 cm³/mol. The molecule has 0 bridgehead atoms. The zero-order chi connectivity index (χ0) is 14.0.